The van der Waals surface area contributed by atoms with Crippen molar-refractivity contribution in [1.82, 2.24) is 24.5 Å². The monoisotopic (exact) mass is 310 g/mol. The van der Waals surface area contributed by atoms with Gasteiger partial charge in [-0.1, -0.05) is 0 Å². The summed E-state index contributed by atoms with van der Waals surface area (Å²) >= 11 is 1.56. The van der Waals surface area contributed by atoms with Crippen molar-refractivity contribution >= 4 is 23.7 Å². The van der Waals surface area contributed by atoms with Gasteiger partial charge in [-0.05, 0) is 13.2 Å². The van der Waals surface area contributed by atoms with Crippen LogP contribution >= 0.6 is 11.8 Å². The van der Waals surface area contributed by atoms with Gasteiger partial charge >= 0.3 is 0 Å². The maximum Gasteiger partial charge on any atom is 0.243 e. The molecule has 2 rings (SSSR count). The zero-order chi connectivity index (χ0) is 15.3. The highest BCUT2D eigenvalue weighted by molar-refractivity contribution is 7.98. The molecule has 2 aromatic rings. The molecule has 0 saturated heterocycles. The number of aliphatic hydroxyl groups is 1. The minimum atomic E-state index is -0.864. The molecular formula is C11H18N8OS. The summed E-state index contributed by atoms with van der Waals surface area (Å²) < 4.78 is 1.63. The van der Waals surface area contributed by atoms with Crippen LogP contribution in [0.1, 0.15) is 6.92 Å². The van der Waals surface area contributed by atoms with Gasteiger partial charge in [0.1, 0.15) is 6.33 Å². The van der Waals surface area contributed by atoms with Crippen molar-refractivity contribution in [3.63, 3.8) is 0 Å². The van der Waals surface area contributed by atoms with E-state index in [2.05, 4.69) is 30.7 Å². The third-order valence-corrected chi connectivity index (χ3v) is 3.48. The molecule has 9 nitrogen and oxygen atoms in total. The van der Waals surface area contributed by atoms with E-state index in [1.807, 2.05) is 6.26 Å². The van der Waals surface area contributed by atoms with E-state index in [9.17, 15) is 5.11 Å². The summed E-state index contributed by atoms with van der Waals surface area (Å²) in [6, 6.07) is 0. The number of anilines is 2. The molecule has 5 N–H and O–H groups in total. The fraction of sp³-hybridized carbons (Fsp3) is 0.455. The highest BCUT2D eigenvalue weighted by Gasteiger charge is 2.20. The second kappa shape index (κ2) is 6.70. The van der Waals surface area contributed by atoms with Gasteiger partial charge in [0.05, 0.1) is 5.60 Å². The summed E-state index contributed by atoms with van der Waals surface area (Å²) in [7, 11) is 0. The number of rotatable bonds is 7. The molecule has 0 amide bonds. The average Bonchev–Trinajstić information content (AvgIpc) is 2.99. The molecule has 2 aromatic heterocycles. The van der Waals surface area contributed by atoms with Crippen LogP contribution < -0.4 is 16.6 Å². The first-order valence-electron chi connectivity index (χ1n) is 6.20. The number of nitrogens with zero attached hydrogens (tertiary/aromatic N) is 5. The predicted molar refractivity (Wildman–Crippen MR) is 82.3 cm³/mol. The third kappa shape index (κ3) is 4.28. The lowest BCUT2D eigenvalue weighted by molar-refractivity contribution is 0.0995. The number of hydrogen-bond acceptors (Lipinski definition) is 9. The Kier molecular flexibility index (Phi) is 4.94. The number of nitrogen functional groups attached to an aromatic ring is 1. The van der Waals surface area contributed by atoms with E-state index < -0.39 is 5.60 Å². The fourth-order valence-electron chi connectivity index (χ4n) is 1.63. The van der Waals surface area contributed by atoms with Crippen LogP contribution in [0.5, 0.6) is 0 Å². The number of aromatic nitrogens is 5. The quantitative estimate of drug-likeness (QED) is 0.408. The maximum atomic E-state index is 10.1. The van der Waals surface area contributed by atoms with Gasteiger partial charge in [0.2, 0.25) is 17.8 Å². The Bertz CT molecular complexity index is 574. The smallest absolute Gasteiger partial charge is 0.243 e. The highest BCUT2D eigenvalue weighted by atomic mass is 32.2. The Morgan fingerprint density at radius 1 is 1.38 bits per heavy atom. The lowest BCUT2D eigenvalue weighted by atomic mass is 10.1. The molecule has 0 fully saturated rings. The standard InChI is InChI=1S/C11H18N8OS/c1-11(20,6-21-2)5-14-8-15-9(18-12)17-10(16-8)19-4-3-13-7-19/h3-4,7,20H,5-6,12H2,1-2H3,(H2,14,15,16,17,18). The molecule has 0 aromatic carbocycles. The van der Waals surface area contributed by atoms with Crippen molar-refractivity contribution in [1.29, 1.82) is 0 Å². The first-order chi connectivity index (χ1) is 10.0. The molecule has 2 heterocycles. The van der Waals surface area contributed by atoms with Crippen LogP contribution in [-0.4, -0.2) is 53.8 Å². The van der Waals surface area contributed by atoms with E-state index in [1.165, 1.54) is 0 Å². The SMILES string of the molecule is CSCC(C)(O)CNc1nc(NN)nc(-n2ccnc2)n1. The first-order valence-corrected chi connectivity index (χ1v) is 7.60. The van der Waals surface area contributed by atoms with Crippen LogP contribution in [0, 0.1) is 0 Å². The van der Waals surface area contributed by atoms with Gasteiger partial charge in [-0.3, -0.25) is 9.99 Å². The van der Waals surface area contributed by atoms with Crippen LogP contribution in [0.2, 0.25) is 0 Å². The number of nitrogens with one attached hydrogen (secondary N) is 2. The van der Waals surface area contributed by atoms with E-state index >= 15 is 0 Å². The van der Waals surface area contributed by atoms with Crippen molar-refractivity contribution in [2.24, 2.45) is 5.84 Å². The van der Waals surface area contributed by atoms with Crippen LogP contribution in [0.4, 0.5) is 11.9 Å². The second-order valence-corrected chi connectivity index (χ2v) is 5.55. The highest BCUT2D eigenvalue weighted by Crippen LogP contribution is 2.13. The first kappa shape index (κ1) is 15.5. The molecule has 21 heavy (non-hydrogen) atoms. The Labute approximate surface area is 126 Å². The second-order valence-electron chi connectivity index (χ2n) is 4.68. The minimum Gasteiger partial charge on any atom is -0.387 e. The normalized spacial score (nSPS) is 13.7. The van der Waals surface area contributed by atoms with Gasteiger partial charge in [0, 0.05) is 24.7 Å². The molecule has 0 aliphatic heterocycles. The average molecular weight is 310 g/mol. The van der Waals surface area contributed by atoms with Crippen LogP contribution in [0.15, 0.2) is 18.7 Å². The van der Waals surface area contributed by atoms with E-state index in [0.29, 0.717) is 24.2 Å². The molecule has 1 unspecified atom stereocenters. The van der Waals surface area contributed by atoms with Crippen molar-refractivity contribution in [2.75, 3.05) is 29.3 Å². The van der Waals surface area contributed by atoms with Gasteiger partial charge in [-0.25, -0.2) is 10.8 Å². The topological polar surface area (TPSA) is 127 Å². The molecule has 0 aliphatic rings. The Hall–Kier alpha value is -1.91. The molecule has 0 bridgehead atoms. The molecule has 0 spiro atoms. The van der Waals surface area contributed by atoms with Gasteiger partial charge in [-0.2, -0.15) is 26.7 Å². The summed E-state index contributed by atoms with van der Waals surface area (Å²) in [5.41, 5.74) is 1.53. The third-order valence-electron chi connectivity index (χ3n) is 2.57. The summed E-state index contributed by atoms with van der Waals surface area (Å²) in [5.74, 6) is 6.88. The summed E-state index contributed by atoms with van der Waals surface area (Å²) in [5, 5.41) is 13.1. The molecular weight excluding hydrogens is 292 g/mol. The minimum absolute atomic E-state index is 0.223. The van der Waals surface area contributed by atoms with Gasteiger partial charge < -0.3 is 10.4 Å². The number of imidazole rings is 1. The number of thioether (sulfide) groups is 1. The molecule has 1 atom stereocenters. The van der Waals surface area contributed by atoms with Crippen molar-refractivity contribution in [3.05, 3.63) is 18.7 Å². The largest absolute Gasteiger partial charge is 0.387 e. The lowest BCUT2D eigenvalue weighted by Gasteiger charge is -2.22. The summed E-state index contributed by atoms with van der Waals surface area (Å²) in [6.07, 6.45) is 6.84. The zero-order valence-corrected chi connectivity index (χ0v) is 12.6. The number of hydrazine groups is 1. The molecule has 114 valence electrons. The van der Waals surface area contributed by atoms with E-state index in [4.69, 9.17) is 5.84 Å². The fourth-order valence-corrected chi connectivity index (χ4v) is 2.36. The van der Waals surface area contributed by atoms with E-state index in [0.717, 1.165) is 0 Å². The van der Waals surface area contributed by atoms with Crippen LogP contribution in [0.25, 0.3) is 5.95 Å². The van der Waals surface area contributed by atoms with Crippen molar-refractivity contribution in [2.45, 2.75) is 12.5 Å². The predicted octanol–water partition coefficient (Wildman–Crippen LogP) is -0.131. The zero-order valence-electron chi connectivity index (χ0n) is 11.8. The maximum absolute atomic E-state index is 10.1. The Morgan fingerprint density at radius 2 is 2.14 bits per heavy atom. The van der Waals surface area contributed by atoms with Gasteiger partial charge in [0.25, 0.3) is 0 Å². The lowest BCUT2D eigenvalue weighted by Crippen LogP contribution is -2.36. The Balaban J connectivity index is 2.18. The van der Waals surface area contributed by atoms with Crippen molar-refractivity contribution < 1.29 is 5.11 Å². The molecule has 0 radical (unpaired) electrons. The summed E-state index contributed by atoms with van der Waals surface area (Å²) in [6.45, 7) is 2.06. The van der Waals surface area contributed by atoms with Gasteiger partial charge in [0.15, 0.2) is 0 Å². The Morgan fingerprint density at radius 3 is 2.76 bits per heavy atom. The van der Waals surface area contributed by atoms with E-state index in [-0.39, 0.29) is 5.95 Å². The molecule has 0 saturated carbocycles. The molecule has 0 aliphatic carbocycles. The molecule has 10 heteroatoms. The number of nitrogens with two attached hydrogens (primary N) is 1. The van der Waals surface area contributed by atoms with Crippen molar-refractivity contribution in [3.8, 4) is 5.95 Å². The van der Waals surface area contributed by atoms with Gasteiger partial charge in [-0.15, -0.1) is 0 Å². The van der Waals surface area contributed by atoms with Crippen LogP contribution in [-0.2, 0) is 0 Å². The number of hydrogen-bond donors (Lipinski definition) is 4. The van der Waals surface area contributed by atoms with Crippen LogP contribution in [0.3, 0.4) is 0 Å². The van der Waals surface area contributed by atoms with E-state index in [1.54, 1.807) is 42.0 Å². The summed E-state index contributed by atoms with van der Waals surface area (Å²) in [4.78, 5) is 16.4.